The Morgan fingerprint density at radius 3 is 3.08 bits per heavy atom. The maximum absolute atomic E-state index is 5.42. The van der Waals surface area contributed by atoms with E-state index < -0.39 is 0 Å². The Morgan fingerprint density at radius 2 is 2.50 bits per heavy atom. The van der Waals surface area contributed by atoms with Crippen molar-refractivity contribution in [1.29, 1.82) is 0 Å². The average Bonchev–Trinajstić information content (AvgIpc) is 2.75. The number of hydrogen-bond acceptors (Lipinski definition) is 5. The number of nitrogens with two attached hydrogens (primary N) is 1. The molecule has 0 bridgehead atoms. The molecule has 2 aromatic rings. The van der Waals surface area contributed by atoms with E-state index in [-0.39, 0.29) is 0 Å². The Balaban J connectivity index is 2.35. The molecule has 0 aliphatic rings. The molecule has 2 heterocycles. The molecular formula is C6H7N5S. The summed E-state index contributed by atoms with van der Waals surface area (Å²) in [5.41, 5.74) is 7.07. The van der Waals surface area contributed by atoms with Crippen LogP contribution in [0.2, 0.25) is 0 Å². The number of nitrogens with one attached hydrogen (secondary N) is 1. The van der Waals surface area contributed by atoms with Crippen LogP contribution in [0.1, 0.15) is 5.69 Å². The Hall–Kier alpha value is -1.27. The molecular weight excluding hydrogens is 174 g/mol. The summed E-state index contributed by atoms with van der Waals surface area (Å²) < 4.78 is 0. The van der Waals surface area contributed by atoms with E-state index in [4.69, 9.17) is 5.73 Å². The van der Waals surface area contributed by atoms with E-state index in [1.54, 1.807) is 6.20 Å². The minimum atomic E-state index is 0.467. The second kappa shape index (κ2) is 3.00. The van der Waals surface area contributed by atoms with E-state index in [1.807, 2.05) is 5.38 Å². The smallest absolute Gasteiger partial charge is 0.145 e. The first-order valence-electron chi connectivity index (χ1n) is 3.41. The minimum absolute atomic E-state index is 0.467. The van der Waals surface area contributed by atoms with Gasteiger partial charge in [-0.05, 0) is 0 Å². The molecule has 0 radical (unpaired) electrons. The van der Waals surface area contributed by atoms with Crippen molar-refractivity contribution in [3.8, 4) is 10.7 Å². The zero-order valence-corrected chi connectivity index (χ0v) is 7.01. The van der Waals surface area contributed by atoms with Gasteiger partial charge in [0.1, 0.15) is 10.7 Å². The second-order valence-electron chi connectivity index (χ2n) is 2.20. The van der Waals surface area contributed by atoms with Crippen LogP contribution >= 0.6 is 11.3 Å². The number of aromatic amines is 1. The lowest BCUT2D eigenvalue weighted by atomic mass is 10.5. The molecule has 6 heteroatoms. The van der Waals surface area contributed by atoms with Crippen molar-refractivity contribution in [2.24, 2.45) is 5.73 Å². The van der Waals surface area contributed by atoms with E-state index in [9.17, 15) is 0 Å². The van der Waals surface area contributed by atoms with Crippen LogP contribution in [0.25, 0.3) is 10.7 Å². The van der Waals surface area contributed by atoms with Crippen LogP contribution in [-0.2, 0) is 6.54 Å². The number of thiazole rings is 1. The molecule has 0 spiro atoms. The van der Waals surface area contributed by atoms with Crippen LogP contribution in [0.15, 0.2) is 11.6 Å². The summed E-state index contributed by atoms with van der Waals surface area (Å²) in [6, 6.07) is 0. The highest BCUT2D eigenvalue weighted by Gasteiger charge is 2.05. The molecule has 0 fully saturated rings. The van der Waals surface area contributed by atoms with Gasteiger partial charge in [0.15, 0.2) is 0 Å². The second-order valence-corrected chi connectivity index (χ2v) is 3.06. The molecule has 5 nitrogen and oxygen atoms in total. The van der Waals surface area contributed by atoms with Gasteiger partial charge in [-0.3, -0.25) is 0 Å². The van der Waals surface area contributed by atoms with Gasteiger partial charge >= 0.3 is 0 Å². The van der Waals surface area contributed by atoms with Crippen LogP contribution in [0, 0.1) is 0 Å². The zero-order chi connectivity index (χ0) is 8.39. The summed E-state index contributed by atoms with van der Waals surface area (Å²) in [5.74, 6) is 0. The first-order chi connectivity index (χ1) is 5.90. The maximum atomic E-state index is 5.42. The molecule has 2 aromatic heterocycles. The summed E-state index contributed by atoms with van der Waals surface area (Å²) in [6.07, 6.45) is 1.64. The van der Waals surface area contributed by atoms with E-state index in [0.29, 0.717) is 6.54 Å². The third-order valence-corrected chi connectivity index (χ3v) is 2.31. The van der Waals surface area contributed by atoms with Gasteiger partial charge in [-0.25, -0.2) is 4.98 Å². The Labute approximate surface area is 72.6 Å². The number of H-pyrrole nitrogens is 1. The fraction of sp³-hybridized carbons (Fsp3) is 0.167. The highest BCUT2D eigenvalue weighted by atomic mass is 32.1. The molecule has 0 aromatic carbocycles. The average molecular weight is 181 g/mol. The third-order valence-electron chi connectivity index (χ3n) is 1.40. The van der Waals surface area contributed by atoms with Crippen molar-refractivity contribution in [2.45, 2.75) is 6.54 Å². The fourth-order valence-electron chi connectivity index (χ4n) is 0.823. The molecule has 2 rings (SSSR count). The Morgan fingerprint density at radius 1 is 1.58 bits per heavy atom. The van der Waals surface area contributed by atoms with E-state index in [0.717, 1.165) is 16.4 Å². The molecule has 0 aliphatic carbocycles. The number of rotatable bonds is 2. The van der Waals surface area contributed by atoms with Crippen molar-refractivity contribution >= 4 is 11.3 Å². The molecule has 12 heavy (non-hydrogen) atoms. The SMILES string of the molecule is NCc1csc(-c2cn[nH]n2)n1. The molecule has 0 atom stereocenters. The van der Waals surface area contributed by atoms with Crippen molar-refractivity contribution in [2.75, 3.05) is 0 Å². The number of hydrogen-bond donors (Lipinski definition) is 2. The van der Waals surface area contributed by atoms with Crippen LogP contribution in [0.5, 0.6) is 0 Å². The summed E-state index contributed by atoms with van der Waals surface area (Å²) in [5, 5.41) is 12.9. The number of nitrogens with zero attached hydrogens (tertiary/aromatic N) is 3. The predicted molar refractivity (Wildman–Crippen MR) is 45.4 cm³/mol. The lowest BCUT2D eigenvalue weighted by molar-refractivity contribution is 0.940. The predicted octanol–water partition coefficient (Wildman–Crippen LogP) is 0.387. The van der Waals surface area contributed by atoms with Crippen molar-refractivity contribution in [3.63, 3.8) is 0 Å². The zero-order valence-electron chi connectivity index (χ0n) is 6.19. The monoisotopic (exact) mass is 181 g/mol. The van der Waals surface area contributed by atoms with Gasteiger partial charge in [0.25, 0.3) is 0 Å². The summed E-state index contributed by atoms with van der Waals surface area (Å²) in [4.78, 5) is 4.24. The molecule has 0 saturated heterocycles. The third kappa shape index (κ3) is 1.21. The molecule has 0 aliphatic heterocycles. The quantitative estimate of drug-likeness (QED) is 0.702. The van der Waals surface area contributed by atoms with Gasteiger partial charge in [-0.15, -0.1) is 11.3 Å². The lowest BCUT2D eigenvalue weighted by Crippen LogP contribution is -1.95. The highest BCUT2D eigenvalue weighted by molar-refractivity contribution is 7.13. The van der Waals surface area contributed by atoms with E-state index >= 15 is 0 Å². The van der Waals surface area contributed by atoms with E-state index in [2.05, 4.69) is 20.4 Å². The lowest BCUT2D eigenvalue weighted by Gasteiger charge is -1.84. The standard InChI is InChI=1S/C6H7N5S/c7-1-4-3-12-6(9-4)5-2-8-11-10-5/h2-3H,1,7H2,(H,8,10,11). The number of aromatic nitrogens is 4. The maximum Gasteiger partial charge on any atom is 0.145 e. The highest BCUT2D eigenvalue weighted by Crippen LogP contribution is 2.19. The van der Waals surface area contributed by atoms with Gasteiger partial charge in [0.05, 0.1) is 11.9 Å². The molecule has 62 valence electrons. The molecule has 0 unspecified atom stereocenters. The first-order valence-corrected chi connectivity index (χ1v) is 4.28. The summed E-state index contributed by atoms with van der Waals surface area (Å²) in [7, 11) is 0. The summed E-state index contributed by atoms with van der Waals surface area (Å²) >= 11 is 1.52. The first kappa shape index (κ1) is 7.38. The van der Waals surface area contributed by atoms with Gasteiger partial charge in [0, 0.05) is 11.9 Å². The Kier molecular flexibility index (Phi) is 1.84. The summed E-state index contributed by atoms with van der Waals surface area (Å²) in [6.45, 7) is 0.467. The van der Waals surface area contributed by atoms with Crippen molar-refractivity contribution in [1.82, 2.24) is 20.4 Å². The van der Waals surface area contributed by atoms with Crippen molar-refractivity contribution < 1.29 is 0 Å². The normalized spacial score (nSPS) is 10.4. The Bertz CT molecular complexity index is 352. The minimum Gasteiger partial charge on any atom is -0.325 e. The van der Waals surface area contributed by atoms with Crippen LogP contribution in [-0.4, -0.2) is 20.4 Å². The topological polar surface area (TPSA) is 80.5 Å². The van der Waals surface area contributed by atoms with E-state index in [1.165, 1.54) is 11.3 Å². The van der Waals surface area contributed by atoms with Gasteiger partial charge in [-0.2, -0.15) is 15.4 Å². The van der Waals surface area contributed by atoms with Crippen LogP contribution in [0.4, 0.5) is 0 Å². The largest absolute Gasteiger partial charge is 0.325 e. The van der Waals surface area contributed by atoms with Gasteiger partial charge in [0.2, 0.25) is 0 Å². The molecule has 0 saturated carbocycles. The van der Waals surface area contributed by atoms with Crippen LogP contribution < -0.4 is 5.73 Å². The van der Waals surface area contributed by atoms with Gasteiger partial charge < -0.3 is 5.73 Å². The van der Waals surface area contributed by atoms with Crippen LogP contribution in [0.3, 0.4) is 0 Å². The fourth-order valence-corrected chi connectivity index (χ4v) is 1.61. The van der Waals surface area contributed by atoms with Gasteiger partial charge in [-0.1, -0.05) is 0 Å². The molecule has 3 N–H and O–H groups in total. The van der Waals surface area contributed by atoms with Crippen molar-refractivity contribution in [3.05, 3.63) is 17.3 Å². The molecule has 0 amide bonds.